The van der Waals surface area contributed by atoms with Crippen LogP contribution in [0.5, 0.6) is 0 Å². The molecule has 2 aromatic heterocycles. The van der Waals surface area contributed by atoms with Crippen molar-refractivity contribution in [2.24, 2.45) is 0 Å². The van der Waals surface area contributed by atoms with E-state index < -0.39 is 21.8 Å². The van der Waals surface area contributed by atoms with Gasteiger partial charge in [-0.05, 0) is 33.6 Å². The highest BCUT2D eigenvalue weighted by molar-refractivity contribution is 7.85. The molecule has 31 heavy (non-hydrogen) atoms. The summed E-state index contributed by atoms with van der Waals surface area (Å²) in [7, 11) is -3.56. The van der Waals surface area contributed by atoms with Gasteiger partial charge in [-0.3, -0.25) is 9.19 Å². The van der Waals surface area contributed by atoms with Crippen LogP contribution in [-0.4, -0.2) is 58.5 Å². The SMILES string of the molecule is CC(C)(C)OC(=O)NN(c1nc(N)nc2c1ncn2CCOS(C)(=O)=O)C1CCCC1. The average molecular weight is 456 g/mol. The van der Waals surface area contributed by atoms with Gasteiger partial charge < -0.3 is 15.0 Å². The fourth-order valence-electron chi connectivity index (χ4n) is 3.44. The molecule has 3 rings (SSSR count). The van der Waals surface area contributed by atoms with E-state index in [4.69, 9.17) is 14.7 Å². The molecule has 13 heteroatoms. The minimum atomic E-state index is -3.56. The van der Waals surface area contributed by atoms with Crippen LogP contribution in [0.15, 0.2) is 6.33 Å². The first-order chi connectivity index (χ1) is 14.4. The van der Waals surface area contributed by atoms with Crippen LogP contribution in [0.2, 0.25) is 0 Å². The van der Waals surface area contributed by atoms with Crippen LogP contribution in [0, 0.1) is 0 Å². The number of hydrogen-bond acceptors (Lipinski definition) is 10. The van der Waals surface area contributed by atoms with E-state index in [9.17, 15) is 13.2 Å². The molecular formula is C18H29N7O5S. The number of nitrogen functional groups attached to an aromatic ring is 1. The normalized spacial score (nSPS) is 15.4. The van der Waals surface area contributed by atoms with Crippen LogP contribution in [0.25, 0.3) is 11.2 Å². The number of hydrogen-bond donors (Lipinski definition) is 2. The minimum Gasteiger partial charge on any atom is -0.443 e. The second-order valence-electron chi connectivity index (χ2n) is 8.46. The van der Waals surface area contributed by atoms with Crippen molar-refractivity contribution in [2.45, 2.75) is 64.6 Å². The predicted molar refractivity (Wildman–Crippen MR) is 115 cm³/mol. The monoisotopic (exact) mass is 455 g/mol. The summed E-state index contributed by atoms with van der Waals surface area (Å²) in [6.45, 7) is 5.48. The number of imidazole rings is 1. The molecule has 0 bridgehead atoms. The Morgan fingerprint density at radius 1 is 1.32 bits per heavy atom. The molecule has 0 spiro atoms. The zero-order chi connectivity index (χ0) is 22.8. The Kier molecular flexibility index (Phi) is 6.55. The summed E-state index contributed by atoms with van der Waals surface area (Å²) < 4.78 is 34.3. The number of hydrazine groups is 1. The van der Waals surface area contributed by atoms with E-state index in [1.807, 2.05) is 0 Å². The Hall–Kier alpha value is -2.67. The summed E-state index contributed by atoms with van der Waals surface area (Å²) in [6, 6.07) is 0.00346. The molecular weight excluding hydrogens is 426 g/mol. The van der Waals surface area contributed by atoms with Gasteiger partial charge >= 0.3 is 6.09 Å². The van der Waals surface area contributed by atoms with Gasteiger partial charge in [0.2, 0.25) is 5.95 Å². The number of nitrogens with one attached hydrogen (secondary N) is 1. The van der Waals surface area contributed by atoms with Gasteiger partial charge in [0.15, 0.2) is 17.0 Å². The maximum Gasteiger partial charge on any atom is 0.426 e. The molecule has 0 aliphatic heterocycles. The number of carbonyl (C=O) groups excluding carboxylic acids is 1. The third kappa shape index (κ3) is 6.17. The Balaban J connectivity index is 1.93. The molecule has 172 valence electrons. The fraction of sp³-hybridized carbons (Fsp3) is 0.667. The lowest BCUT2D eigenvalue weighted by Crippen LogP contribution is -2.50. The molecule has 12 nitrogen and oxygen atoms in total. The summed E-state index contributed by atoms with van der Waals surface area (Å²) in [5.74, 6) is 0.366. The molecule has 1 aliphatic rings. The van der Waals surface area contributed by atoms with Crippen molar-refractivity contribution in [3.63, 3.8) is 0 Å². The van der Waals surface area contributed by atoms with Crippen LogP contribution >= 0.6 is 0 Å². The Bertz CT molecular complexity index is 1040. The largest absolute Gasteiger partial charge is 0.443 e. The van der Waals surface area contributed by atoms with Crippen LogP contribution < -0.4 is 16.2 Å². The molecule has 3 N–H and O–H groups in total. The number of ether oxygens (including phenoxy) is 1. The maximum absolute atomic E-state index is 12.5. The van der Waals surface area contributed by atoms with E-state index in [0.717, 1.165) is 31.9 Å². The highest BCUT2D eigenvalue weighted by atomic mass is 32.2. The lowest BCUT2D eigenvalue weighted by Gasteiger charge is -2.31. The first-order valence-corrected chi connectivity index (χ1v) is 11.9. The van der Waals surface area contributed by atoms with Crippen molar-refractivity contribution in [1.29, 1.82) is 0 Å². The summed E-state index contributed by atoms with van der Waals surface area (Å²) in [6.07, 6.45) is 5.67. The third-order valence-electron chi connectivity index (χ3n) is 4.62. The highest BCUT2D eigenvalue weighted by Gasteiger charge is 2.30. The van der Waals surface area contributed by atoms with Gasteiger partial charge in [-0.25, -0.2) is 15.2 Å². The fourth-order valence-corrected chi connectivity index (χ4v) is 3.82. The van der Waals surface area contributed by atoms with Gasteiger partial charge in [0.1, 0.15) is 5.60 Å². The van der Waals surface area contributed by atoms with Crippen molar-refractivity contribution in [1.82, 2.24) is 24.9 Å². The number of nitrogens with zero attached hydrogens (tertiary/aromatic N) is 5. The molecule has 1 saturated carbocycles. The Morgan fingerprint density at radius 3 is 2.61 bits per heavy atom. The summed E-state index contributed by atoms with van der Waals surface area (Å²) >= 11 is 0. The standard InChI is InChI=1S/C18H29N7O5S/c1-18(2,3)30-17(26)23-25(12-7-5-6-8-12)15-13-14(21-16(19)22-15)24(11-20-13)9-10-29-31(4,27)28/h11-12H,5-10H2,1-4H3,(H,23,26)(H2,19,21,22). The number of fused-ring (bicyclic) bond motifs is 1. The van der Waals surface area contributed by atoms with Crippen molar-refractivity contribution >= 4 is 39.1 Å². The second kappa shape index (κ2) is 8.83. The van der Waals surface area contributed by atoms with E-state index in [0.29, 0.717) is 17.0 Å². The number of anilines is 2. The van der Waals surface area contributed by atoms with E-state index in [1.54, 1.807) is 30.3 Å². The zero-order valence-electron chi connectivity index (χ0n) is 18.2. The number of aromatic nitrogens is 4. The molecule has 0 unspecified atom stereocenters. The Morgan fingerprint density at radius 2 is 2.00 bits per heavy atom. The van der Waals surface area contributed by atoms with E-state index in [-0.39, 0.29) is 25.1 Å². The smallest absolute Gasteiger partial charge is 0.426 e. The third-order valence-corrected chi connectivity index (χ3v) is 5.22. The first-order valence-electron chi connectivity index (χ1n) is 10.0. The summed E-state index contributed by atoms with van der Waals surface area (Å²) in [4.78, 5) is 25.5. The highest BCUT2D eigenvalue weighted by Crippen LogP contribution is 2.30. The van der Waals surface area contributed by atoms with Gasteiger partial charge in [-0.2, -0.15) is 18.4 Å². The predicted octanol–water partition coefficient (Wildman–Crippen LogP) is 1.57. The van der Waals surface area contributed by atoms with Gasteiger partial charge in [0.25, 0.3) is 10.1 Å². The molecule has 0 atom stereocenters. The number of amides is 1. The molecule has 2 aromatic rings. The number of carbonyl (C=O) groups is 1. The molecule has 1 aliphatic carbocycles. The van der Waals surface area contributed by atoms with Crippen molar-refractivity contribution in [3.8, 4) is 0 Å². The van der Waals surface area contributed by atoms with E-state index in [2.05, 4.69) is 20.4 Å². The quantitative estimate of drug-likeness (QED) is 0.464. The molecule has 0 saturated heterocycles. The van der Waals surface area contributed by atoms with E-state index in [1.165, 1.54) is 6.33 Å². The van der Waals surface area contributed by atoms with Crippen LogP contribution in [0.3, 0.4) is 0 Å². The number of nitrogens with two attached hydrogens (primary N) is 1. The Labute approximate surface area is 181 Å². The summed E-state index contributed by atoms with van der Waals surface area (Å²) in [5.41, 5.74) is 8.93. The topological polar surface area (TPSA) is 155 Å². The zero-order valence-corrected chi connectivity index (χ0v) is 19.0. The van der Waals surface area contributed by atoms with Gasteiger partial charge in [-0.15, -0.1) is 0 Å². The lowest BCUT2D eigenvalue weighted by molar-refractivity contribution is 0.0514. The molecule has 0 aromatic carbocycles. The molecule has 2 heterocycles. The van der Waals surface area contributed by atoms with Crippen molar-refractivity contribution in [3.05, 3.63) is 6.33 Å². The maximum atomic E-state index is 12.5. The summed E-state index contributed by atoms with van der Waals surface area (Å²) in [5, 5.41) is 1.66. The second-order valence-corrected chi connectivity index (χ2v) is 10.1. The minimum absolute atomic E-state index is 0.00210. The van der Waals surface area contributed by atoms with Crippen LogP contribution in [-0.2, 0) is 25.6 Å². The lowest BCUT2D eigenvalue weighted by atomic mass is 10.2. The molecule has 1 amide bonds. The van der Waals surface area contributed by atoms with Crippen molar-refractivity contribution in [2.75, 3.05) is 23.6 Å². The van der Waals surface area contributed by atoms with E-state index >= 15 is 0 Å². The molecule has 0 radical (unpaired) electrons. The van der Waals surface area contributed by atoms with Crippen LogP contribution in [0.1, 0.15) is 46.5 Å². The number of rotatable bonds is 7. The first kappa shape index (κ1) is 23.0. The van der Waals surface area contributed by atoms with Crippen LogP contribution in [0.4, 0.5) is 16.6 Å². The van der Waals surface area contributed by atoms with Gasteiger partial charge in [0, 0.05) is 0 Å². The van der Waals surface area contributed by atoms with Gasteiger partial charge in [0.05, 0.1) is 31.8 Å². The molecule has 1 fully saturated rings. The van der Waals surface area contributed by atoms with Gasteiger partial charge in [-0.1, -0.05) is 12.8 Å². The van der Waals surface area contributed by atoms with Crippen molar-refractivity contribution < 1.29 is 22.1 Å². The average Bonchev–Trinajstić information content (AvgIpc) is 3.27.